The standard InChI is InChI=1S/C22H38FN5O2S.C7H6F2O/c1-13(2)11-30-12-17(24)10-26-22(29)18-8-19(25-9-16-7-15(16)5)27-21(20(18)23)28(6)31-14(3)4;1-10-7-3-5(8)2-6(9)4-7/h8,13-17H,7,9-12,24H2,1-6H3,(H,25,27)(H,26,29);2-4H,1H3/t15-,16+,17?;/m0./s1. The van der Waals surface area contributed by atoms with Crippen molar-refractivity contribution in [3.8, 4) is 5.75 Å². The van der Waals surface area contributed by atoms with Gasteiger partial charge >= 0.3 is 0 Å². The van der Waals surface area contributed by atoms with Crippen LogP contribution in [0.1, 0.15) is 51.4 Å². The zero-order valence-corrected chi connectivity index (χ0v) is 25.8. The molecule has 1 aliphatic rings. The maximum absolute atomic E-state index is 15.2. The van der Waals surface area contributed by atoms with Crippen LogP contribution in [0.25, 0.3) is 0 Å². The predicted octanol–water partition coefficient (Wildman–Crippen LogP) is 5.48. The van der Waals surface area contributed by atoms with Crippen molar-refractivity contribution >= 4 is 29.5 Å². The van der Waals surface area contributed by atoms with Crippen LogP contribution in [0.3, 0.4) is 0 Å². The van der Waals surface area contributed by atoms with E-state index >= 15 is 4.39 Å². The minimum absolute atomic E-state index is 0.0390. The van der Waals surface area contributed by atoms with Gasteiger partial charge in [0.15, 0.2) is 11.6 Å². The Morgan fingerprint density at radius 3 is 2.32 bits per heavy atom. The highest BCUT2D eigenvalue weighted by Gasteiger charge is 2.32. The van der Waals surface area contributed by atoms with Crippen LogP contribution in [-0.2, 0) is 4.74 Å². The first-order valence-electron chi connectivity index (χ1n) is 13.8. The van der Waals surface area contributed by atoms with Crippen molar-refractivity contribution in [2.45, 2.75) is 52.3 Å². The highest BCUT2D eigenvalue weighted by molar-refractivity contribution is 8.01. The topological polar surface area (TPSA) is 102 Å². The molecule has 230 valence electrons. The summed E-state index contributed by atoms with van der Waals surface area (Å²) in [5, 5.41) is 6.25. The molecule has 4 N–H and O–H groups in total. The molecule has 1 aliphatic carbocycles. The zero-order valence-electron chi connectivity index (χ0n) is 25.0. The summed E-state index contributed by atoms with van der Waals surface area (Å²) in [5.41, 5.74) is 5.98. The summed E-state index contributed by atoms with van der Waals surface area (Å²) in [6.45, 7) is 12.3. The van der Waals surface area contributed by atoms with E-state index in [1.54, 1.807) is 11.4 Å². The van der Waals surface area contributed by atoms with E-state index in [9.17, 15) is 13.6 Å². The quantitative estimate of drug-likeness (QED) is 0.245. The third-order valence-electron chi connectivity index (χ3n) is 6.05. The second-order valence-corrected chi connectivity index (χ2v) is 12.6. The van der Waals surface area contributed by atoms with Crippen LogP contribution in [-0.4, -0.2) is 62.6 Å². The third-order valence-corrected chi connectivity index (χ3v) is 6.96. The Bertz CT molecular complexity index is 1110. The average Bonchev–Trinajstić information content (AvgIpc) is 3.60. The van der Waals surface area contributed by atoms with Gasteiger partial charge in [-0.2, -0.15) is 0 Å². The van der Waals surface area contributed by atoms with Gasteiger partial charge in [0.1, 0.15) is 23.2 Å². The predicted molar refractivity (Wildman–Crippen MR) is 160 cm³/mol. The molecule has 2 aromatic rings. The van der Waals surface area contributed by atoms with Gasteiger partial charge in [0.25, 0.3) is 5.91 Å². The zero-order chi connectivity index (χ0) is 30.7. The van der Waals surface area contributed by atoms with Crippen molar-refractivity contribution in [2.24, 2.45) is 23.5 Å². The number of carbonyl (C=O) groups excluding carboxylic acids is 1. The lowest BCUT2D eigenvalue weighted by Crippen LogP contribution is -2.40. The molecule has 3 atom stereocenters. The Kier molecular flexibility index (Phi) is 14.0. The lowest BCUT2D eigenvalue weighted by molar-refractivity contribution is 0.0887. The number of benzene rings is 1. The molecule has 1 fully saturated rings. The van der Waals surface area contributed by atoms with E-state index in [2.05, 4.69) is 41.1 Å². The molecule has 0 saturated heterocycles. The largest absolute Gasteiger partial charge is 0.497 e. The van der Waals surface area contributed by atoms with Gasteiger partial charge in [-0.25, -0.2) is 18.2 Å². The number of pyridine rings is 1. The maximum atomic E-state index is 15.2. The van der Waals surface area contributed by atoms with Crippen LogP contribution in [0.15, 0.2) is 24.3 Å². The van der Waals surface area contributed by atoms with E-state index in [-0.39, 0.29) is 35.0 Å². The van der Waals surface area contributed by atoms with E-state index in [4.69, 9.17) is 10.5 Å². The molecular formula is C29H44F3N5O3S. The second-order valence-electron chi connectivity index (χ2n) is 10.9. The number of nitrogens with one attached hydrogen (secondary N) is 2. The van der Waals surface area contributed by atoms with Crippen LogP contribution in [0, 0.1) is 35.2 Å². The van der Waals surface area contributed by atoms with Crippen LogP contribution < -0.4 is 25.4 Å². The summed E-state index contributed by atoms with van der Waals surface area (Å²) >= 11 is 1.45. The number of amides is 1. The fourth-order valence-corrected chi connectivity index (χ4v) is 4.60. The molecule has 12 heteroatoms. The Morgan fingerprint density at radius 2 is 1.78 bits per heavy atom. The van der Waals surface area contributed by atoms with Gasteiger partial charge < -0.3 is 30.1 Å². The van der Waals surface area contributed by atoms with Gasteiger partial charge in [0.2, 0.25) is 0 Å². The van der Waals surface area contributed by atoms with Gasteiger partial charge in [0, 0.05) is 56.2 Å². The summed E-state index contributed by atoms with van der Waals surface area (Å²) in [6, 6.07) is 4.14. The Balaban J connectivity index is 0.000000493. The number of halogens is 3. The molecule has 1 heterocycles. The fourth-order valence-electron chi connectivity index (χ4n) is 3.75. The normalized spacial score (nSPS) is 16.6. The number of nitrogens with two attached hydrogens (primary N) is 1. The van der Waals surface area contributed by atoms with E-state index in [0.717, 1.165) is 24.7 Å². The molecule has 8 nitrogen and oxygen atoms in total. The highest BCUT2D eigenvalue weighted by atomic mass is 32.2. The monoisotopic (exact) mass is 599 g/mol. The van der Waals surface area contributed by atoms with Crippen LogP contribution in [0.2, 0.25) is 0 Å². The van der Waals surface area contributed by atoms with Crippen LogP contribution >= 0.6 is 11.9 Å². The Morgan fingerprint density at radius 1 is 1.15 bits per heavy atom. The molecular weight excluding hydrogens is 555 g/mol. The van der Waals surface area contributed by atoms with E-state index in [0.29, 0.717) is 36.8 Å². The summed E-state index contributed by atoms with van der Waals surface area (Å²) in [6.07, 6.45) is 1.17. The van der Waals surface area contributed by atoms with E-state index < -0.39 is 23.4 Å². The van der Waals surface area contributed by atoms with Crippen molar-refractivity contribution in [2.75, 3.05) is 50.1 Å². The number of hydrogen-bond acceptors (Lipinski definition) is 8. The van der Waals surface area contributed by atoms with Gasteiger partial charge in [-0.1, -0.05) is 34.6 Å². The number of carbonyl (C=O) groups is 1. The van der Waals surface area contributed by atoms with Crippen molar-refractivity contribution in [3.05, 3.63) is 47.3 Å². The van der Waals surface area contributed by atoms with Crippen molar-refractivity contribution in [1.29, 1.82) is 0 Å². The molecule has 0 bridgehead atoms. The van der Waals surface area contributed by atoms with Gasteiger partial charge in [-0.05, 0) is 42.2 Å². The fraction of sp³-hybridized carbons (Fsp3) is 0.586. The van der Waals surface area contributed by atoms with Crippen LogP contribution in [0.4, 0.5) is 24.8 Å². The van der Waals surface area contributed by atoms with Crippen molar-refractivity contribution in [1.82, 2.24) is 10.3 Å². The minimum atomic E-state index is -0.636. The first kappa shape index (κ1) is 34.5. The molecule has 41 heavy (non-hydrogen) atoms. The van der Waals surface area contributed by atoms with E-state index in [1.165, 1.54) is 31.5 Å². The number of anilines is 2. The SMILES string of the molecule is CC(C)COCC(N)CNC(=O)c1cc(NC[C@H]2C[C@@H]2C)nc(N(C)SC(C)C)c1F.COc1cc(F)cc(F)c1. The molecule has 1 amide bonds. The number of aromatic nitrogens is 1. The first-order chi connectivity index (χ1) is 19.3. The summed E-state index contributed by atoms with van der Waals surface area (Å²) in [4.78, 5) is 17.2. The lowest BCUT2D eigenvalue weighted by Gasteiger charge is -2.22. The molecule has 1 aromatic carbocycles. The molecule has 1 aromatic heterocycles. The second kappa shape index (κ2) is 16.7. The third kappa shape index (κ3) is 12.4. The molecule has 0 radical (unpaired) electrons. The van der Waals surface area contributed by atoms with Crippen molar-refractivity contribution < 1.29 is 27.4 Å². The van der Waals surface area contributed by atoms with Gasteiger partial charge in [-0.15, -0.1) is 0 Å². The Labute approximate surface area is 246 Å². The molecule has 1 saturated carbocycles. The lowest BCUT2D eigenvalue weighted by atomic mass is 10.2. The number of rotatable bonds is 14. The highest BCUT2D eigenvalue weighted by Crippen LogP contribution is 2.37. The summed E-state index contributed by atoms with van der Waals surface area (Å²) in [7, 11) is 3.11. The van der Waals surface area contributed by atoms with Gasteiger partial charge in [-0.3, -0.25) is 4.79 Å². The molecule has 3 rings (SSSR count). The van der Waals surface area contributed by atoms with E-state index in [1.807, 2.05) is 13.8 Å². The number of nitrogens with zero attached hydrogens (tertiary/aromatic N) is 2. The Hall–Kier alpha value is -2.70. The molecule has 0 aliphatic heterocycles. The smallest absolute Gasteiger partial charge is 0.254 e. The molecule has 1 unspecified atom stereocenters. The average molecular weight is 600 g/mol. The number of methoxy groups -OCH3 is 1. The van der Waals surface area contributed by atoms with Crippen LogP contribution in [0.5, 0.6) is 5.75 Å². The number of hydrogen-bond donors (Lipinski definition) is 3. The van der Waals surface area contributed by atoms with Gasteiger partial charge in [0.05, 0.1) is 19.3 Å². The molecule has 0 spiro atoms. The number of ether oxygens (including phenoxy) is 2. The first-order valence-corrected chi connectivity index (χ1v) is 14.6. The van der Waals surface area contributed by atoms with Crippen molar-refractivity contribution in [3.63, 3.8) is 0 Å². The minimum Gasteiger partial charge on any atom is -0.497 e. The summed E-state index contributed by atoms with van der Waals surface area (Å²) < 4.78 is 51.6. The maximum Gasteiger partial charge on any atom is 0.254 e. The summed E-state index contributed by atoms with van der Waals surface area (Å²) in [5.74, 6) is 0.133.